The summed E-state index contributed by atoms with van der Waals surface area (Å²) in [5.74, 6) is 1.18. The fourth-order valence-electron chi connectivity index (χ4n) is 2.18. The van der Waals surface area contributed by atoms with Crippen molar-refractivity contribution in [2.75, 3.05) is 13.7 Å². The van der Waals surface area contributed by atoms with Crippen LogP contribution in [0.4, 0.5) is 0 Å². The largest absolute Gasteiger partial charge is 0.384 e. The molecule has 18 heavy (non-hydrogen) atoms. The summed E-state index contributed by atoms with van der Waals surface area (Å²) in [6.07, 6.45) is 3.97. The Morgan fingerprint density at radius 3 is 2.94 bits per heavy atom. The summed E-state index contributed by atoms with van der Waals surface area (Å²) in [5, 5.41) is 17.2. The average Bonchev–Trinajstić information content (AvgIpc) is 3.08. The molecule has 0 N–H and O–H groups in total. The molecule has 1 aliphatic rings. The molecule has 98 valence electrons. The first kappa shape index (κ1) is 13.0. The standard InChI is InChI=1S/C13H20N4O/c1-10(9-18-2)8-17-13(7-11-3-4-11)12(5-6-14)15-16-17/h10-11H,3-5,7-9H2,1-2H3. The summed E-state index contributed by atoms with van der Waals surface area (Å²) in [6, 6.07) is 2.17. The summed E-state index contributed by atoms with van der Waals surface area (Å²) < 4.78 is 7.12. The van der Waals surface area contributed by atoms with Crippen molar-refractivity contribution in [1.29, 1.82) is 5.26 Å². The normalized spacial score (nSPS) is 16.5. The monoisotopic (exact) mass is 248 g/mol. The smallest absolute Gasteiger partial charge is 0.0999 e. The van der Waals surface area contributed by atoms with Crippen LogP contribution in [0, 0.1) is 23.2 Å². The third-order valence-electron chi connectivity index (χ3n) is 3.28. The quantitative estimate of drug-likeness (QED) is 0.735. The van der Waals surface area contributed by atoms with Crippen molar-refractivity contribution in [3.8, 4) is 6.07 Å². The van der Waals surface area contributed by atoms with Crippen molar-refractivity contribution >= 4 is 0 Å². The number of hydrogen-bond donors (Lipinski definition) is 0. The molecule has 1 heterocycles. The molecule has 1 aromatic heterocycles. The van der Waals surface area contributed by atoms with Crippen LogP contribution in [0.15, 0.2) is 0 Å². The van der Waals surface area contributed by atoms with Gasteiger partial charge >= 0.3 is 0 Å². The molecule has 2 rings (SSSR count). The molecule has 5 nitrogen and oxygen atoms in total. The Balaban J connectivity index is 2.09. The molecule has 0 saturated heterocycles. The van der Waals surface area contributed by atoms with E-state index in [1.165, 1.54) is 12.8 Å². The second kappa shape index (κ2) is 5.96. The van der Waals surface area contributed by atoms with Crippen LogP contribution in [0.2, 0.25) is 0 Å². The van der Waals surface area contributed by atoms with Gasteiger partial charge in [0.15, 0.2) is 0 Å². The first-order valence-electron chi connectivity index (χ1n) is 6.51. The van der Waals surface area contributed by atoms with Crippen LogP contribution in [0.1, 0.15) is 31.2 Å². The Labute approximate surface area is 108 Å². The maximum absolute atomic E-state index is 8.82. The second-order valence-corrected chi connectivity index (χ2v) is 5.21. The van der Waals surface area contributed by atoms with Gasteiger partial charge in [-0.15, -0.1) is 5.10 Å². The van der Waals surface area contributed by atoms with Crippen LogP contribution in [0.3, 0.4) is 0 Å². The van der Waals surface area contributed by atoms with Crippen molar-refractivity contribution in [1.82, 2.24) is 15.0 Å². The minimum absolute atomic E-state index is 0.362. The minimum Gasteiger partial charge on any atom is -0.384 e. The molecule has 0 aromatic carbocycles. The highest BCUT2D eigenvalue weighted by Crippen LogP contribution is 2.33. The Bertz CT molecular complexity index is 431. The summed E-state index contributed by atoms with van der Waals surface area (Å²) in [4.78, 5) is 0. The van der Waals surface area contributed by atoms with Crippen LogP contribution in [-0.2, 0) is 24.1 Å². The molecule has 1 saturated carbocycles. The third kappa shape index (κ3) is 3.30. The van der Waals surface area contributed by atoms with E-state index in [0.717, 1.165) is 36.9 Å². The van der Waals surface area contributed by atoms with Crippen molar-refractivity contribution in [3.05, 3.63) is 11.4 Å². The SMILES string of the molecule is COCC(C)Cn1nnc(CC#N)c1CC1CC1. The van der Waals surface area contributed by atoms with E-state index >= 15 is 0 Å². The van der Waals surface area contributed by atoms with Gasteiger partial charge in [0, 0.05) is 13.7 Å². The van der Waals surface area contributed by atoms with Crippen molar-refractivity contribution < 1.29 is 4.74 Å². The van der Waals surface area contributed by atoms with Gasteiger partial charge in [-0.2, -0.15) is 5.26 Å². The van der Waals surface area contributed by atoms with Gasteiger partial charge in [-0.25, -0.2) is 4.68 Å². The molecule has 1 aliphatic carbocycles. The molecule has 1 aromatic rings. The second-order valence-electron chi connectivity index (χ2n) is 5.21. The van der Waals surface area contributed by atoms with Gasteiger partial charge in [-0.1, -0.05) is 12.1 Å². The Morgan fingerprint density at radius 2 is 2.33 bits per heavy atom. The van der Waals surface area contributed by atoms with Gasteiger partial charge in [0.25, 0.3) is 0 Å². The molecule has 0 spiro atoms. The highest BCUT2D eigenvalue weighted by Gasteiger charge is 2.26. The van der Waals surface area contributed by atoms with Crippen LogP contribution >= 0.6 is 0 Å². The lowest BCUT2D eigenvalue weighted by molar-refractivity contribution is 0.148. The molecule has 1 atom stereocenters. The fourth-order valence-corrected chi connectivity index (χ4v) is 2.18. The lowest BCUT2D eigenvalue weighted by Gasteiger charge is -2.12. The zero-order chi connectivity index (χ0) is 13.0. The Morgan fingerprint density at radius 1 is 1.56 bits per heavy atom. The minimum atomic E-state index is 0.362. The number of methoxy groups -OCH3 is 1. The van der Waals surface area contributed by atoms with Gasteiger partial charge in [0.05, 0.1) is 30.5 Å². The summed E-state index contributed by atoms with van der Waals surface area (Å²) in [7, 11) is 1.71. The van der Waals surface area contributed by atoms with E-state index in [9.17, 15) is 0 Å². The van der Waals surface area contributed by atoms with E-state index in [0.29, 0.717) is 12.3 Å². The maximum Gasteiger partial charge on any atom is 0.0999 e. The van der Waals surface area contributed by atoms with E-state index < -0.39 is 0 Å². The Kier molecular flexibility index (Phi) is 4.32. The molecule has 1 unspecified atom stereocenters. The zero-order valence-corrected chi connectivity index (χ0v) is 11.1. The molecule has 0 bridgehead atoms. The Hall–Kier alpha value is -1.41. The molecular weight excluding hydrogens is 228 g/mol. The summed E-state index contributed by atoms with van der Waals surface area (Å²) in [6.45, 7) is 3.67. The summed E-state index contributed by atoms with van der Waals surface area (Å²) in [5.41, 5.74) is 2.01. The number of rotatable bonds is 7. The average molecular weight is 248 g/mol. The highest BCUT2D eigenvalue weighted by molar-refractivity contribution is 5.16. The van der Waals surface area contributed by atoms with Crippen LogP contribution < -0.4 is 0 Å². The lowest BCUT2D eigenvalue weighted by Crippen LogP contribution is -2.16. The predicted octanol–water partition coefficient (Wildman–Crippen LogP) is 1.58. The van der Waals surface area contributed by atoms with Gasteiger partial charge in [-0.3, -0.25) is 0 Å². The number of hydrogen-bond acceptors (Lipinski definition) is 4. The number of nitriles is 1. The van der Waals surface area contributed by atoms with Crippen molar-refractivity contribution in [2.24, 2.45) is 11.8 Å². The van der Waals surface area contributed by atoms with Crippen LogP contribution in [-0.4, -0.2) is 28.7 Å². The van der Waals surface area contributed by atoms with Gasteiger partial charge in [0.2, 0.25) is 0 Å². The van der Waals surface area contributed by atoms with Gasteiger partial charge < -0.3 is 4.74 Å². The molecule has 0 amide bonds. The third-order valence-corrected chi connectivity index (χ3v) is 3.28. The number of ether oxygens (including phenoxy) is 1. The summed E-state index contributed by atoms with van der Waals surface area (Å²) >= 11 is 0. The van der Waals surface area contributed by atoms with Gasteiger partial charge in [0.1, 0.15) is 0 Å². The molecule has 1 fully saturated rings. The number of aromatic nitrogens is 3. The van der Waals surface area contributed by atoms with E-state index in [1.54, 1.807) is 7.11 Å². The van der Waals surface area contributed by atoms with Crippen LogP contribution in [0.5, 0.6) is 0 Å². The lowest BCUT2D eigenvalue weighted by atomic mass is 10.1. The first-order chi connectivity index (χ1) is 8.74. The maximum atomic E-state index is 8.82. The fraction of sp³-hybridized carbons (Fsp3) is 0.769. The molecule has 0 radical (unpaired) electrons. The topological polar surface area (TPSA) is 63.7 Å². The number of nitrogens with zero attached hydrogens (tertiary/aromatic N) is 4. The zero-order valence-electron chi connectivity index (χ0n) is 11.1. The van der Waals surface area contributed by atoms with E-state index in [2.05, 4.69) is 23.3 Å². The van der Waals surface area contributed by atoms with E-state index in [-0.39, 0.29) is 0 Å². The highest BCUT2D eigenvalue weighted by atomic mass is 16.5. The molecule has 0 aliphatic heterocycles. The van der Waals surface area contributed by atoms with Crippen molar-refractivity contribution in [3.63, 3.8) is 0 Å². The van der Waals surface area contributed by atoms with E-state index in [4.69, 9.17) is 10.00 Å². The van der Waals surface area contributed by atoms with Gasteiger partial charge in [-0.05, 0) is 31.1 Å². The van der Waals surface area contributed by atoms with Crippen LogP contribution in [0.25, 0.3) is 0 Å². The predicted molar refractivity (Wildman–Crippen MR) is 66.8 cm³/mol. The van der Waals surface area contributed by atoms with E-state index in [1.807, 2.05) is 4.68 Å². The molecular formula is C13H20N4O. The van der Waals surface area contributed by atoms with Crippen molar-refractivity contribution in [2.45, 2.75) is 39.2 Å². The first-order valence-corrected chi connectivity index (χ1v) is 6.51. The molecule has 5 heteroatoms.